The smallest absolute Gasteiger partial charge is 0.229 e. The Kier molecular flexibility index (Phi) is 12.8. The van der Waals surface area contributed by atoms with Crippen LogP contribution in [0.15, 0.2) is 12.2 Å². The van der Waals surface area contributed by atoms with Crippen molar-refractivity contribution in [3.05, 3.63) is 12.2 Å². The second-order valence-electron chi connectivity index (χ2n) is 3.50. The standard InChI is InChI=1S/C12H24OSi/c1-3-5-6-7-8-9-10-12-14-13-11-4-2/h7-8H,3-6,9-12H2,1-2H3. The molecule has 82 valence electrons. The summed E-state index contributed by atoms with van der Waals surface area (Å²) < 4.78 is 5.43. The van der Waals surface area contributed by atoms with E-state index in [2.05, 4.69) is 26.0 Å². The van der Waals surface area contributed by atoms with Gasteiger partial charge in [0.2, 0.25) is 9.76 Å². The fourth-order valence-corrected chi connectivity index (χ4v) is 1.94. The first kappa shape index (κ1) is 13.9. The molecule has 1 nitrogen and oxygen atoms in total. The van der Waals surface area contributed by atoms with Crippen molar-refractivity contribution in [2.75, 3.05) is 6.61 Å². The molecule has 14 heavy (non-hydrogen) atoms. The van der Waals surface area contributed by atoms with Crippen LogP contribution in [-0.2, 0) is 4.43 Å². The lowest BCUT2D eigenvalue weighted by atomic mass is 10.2. The molecule has 0 rings (SSSR count). The Hall–Kier alpha value is -0.0831. The van der Waals surface area contributed by atoms with E-state index in [1.807, 2.05) is 0 Å². The molecule has 0 spiro atoms. The van der Waals surface area contributed by atoms with Crippen molar-refractivity contribution >= 4 is 9.76 Å². The van der Waals surface area contributed by atoms with Crippen LogP contribution in [0, 0.1) is 0 Å². The summed E-state index contributed by atoms with van der Waals surface area (Å²) in [5.41, 5.74) is 0. The minimum Gasteiger partial charge on any atom is -0.417 e. The predicted octanol–water partition coefficient (Wildman–Crippen LogP) is 3.98. The van der Waals surface area contributed by atoms with Gasteiger partial charge in [-0.3, -0.25) is 0 Å². The van der Waals surface area contributed by atoms with Gasteiger partial charge in [-0.15, -0.1) is 0 Å². The summed E-state index contributed by atoms with van der Waals surface area (Å²) in [5, 5.41) is 0. The Bertz CT molecular complexity index is 123. The number of hydrogen-bond donors (Lipinski definition) is 0. The Morgan fingerprint density at radius 1 is 1.00 bits per heavy atom. The zero-order valence-corrected chi connectivity index (χ0v) is 10.7. The van der Waals surface area contributed by atoms with Crippen LogP contribution >= 0.6 is 0 Å². The lowest BCUT2D eigenvalue weighted by molar-refractivity contribution is 0.334. The summed E-state index contributed by atoms with van der Waals surface area (Å²) >= 11 is 0. The van der Waals surface area contributed by atoms with Crippen LogP contribution in [0.4, 0.5) is 0 Å². The molecule has 0 amide bonds. The van der Waals surface area contributed by atoms with Crippen molar-refractivity contribution in [2.45, 2.75) is 58.4 Å². The average Bonchev–Trinajstić information content (AvgIpc) is 2.21. The highest BCUT2D eigenvalue weighted by atomic mass is 28.2. The third-order valence-electron chi connectivity index (χ3n) is 1.95. The highest BCUT2D eigenvalue weighted by Crippen LogP contribution is 2.00. The normalized spacial score (nSPS) is 11.3. The minimum atomic E-state index is 0.717. The van der Waals surface area contributed by atoms with Gasteiger partial charge in [-0.2, -0.15) is 0 Å². The third-order valence-corrected chi connectivity index (χ3v) is 2.91. The molecule has 0 bridgehead atoms. The second-order valence-corrected chi connectivity index (χ2v) is 4.58. The fourth-order valence-electron chi connectivity index (χ4n) is 1.10. The highest BCUT2D eigenvalue weighted by Gasteiger charge is 1.89. The van der Waals surface area contributed by atoms with E-state index in [1.165, 1.54) is 38.1 Å². The Morgan fingerprint density at radius 3 is 2.36 bits per heavy atom. The van der Waals surface area contributed by atoms with E-state index in [9.17, 15) is 0 Å². The maximum atomic E-state index is 5.43. The van der Waals surface area contributed by atoms with Gasteiger partial charge in [-0.1, -0.05) is 45.3 Å². The van der Waals surface area contributed by atoms with Gasteiger partial charge < -0.3 is 4.43 Å². The van der Waals surface area contributed by atoms with Crippen molar-refractivity contribution < 1.29 is 4.43 Å². The molecule has 0 saturated carbocycles. The fraction of sp³-hybridized carbons (Fsp3) is 0.833. The third kappa shape index (κ3) is 11.9. The number of hydrogen-bond acceptors (Lipinski definition) is 1. The number of unbranched alkanes of at least 4 members (excludes halogenated alkanes) is 3. The number of allylic oxidation sites excluding steroid dienone is 2. The monoisotopic (exact) mass is 212 g/mol. The first-order chi connectivity index (χ1) is 6.91. The molecule has 0 atom stereocenters. The molecule has 0 aromatic carbocycles. The molecule has 0 fully saturated rings. The largest absolute Gasteiger partial charge is 0.417 e. The zero-order chi connectivity index (χ0) is 10.5. The molecular weight excluding hydrogens is 188 g/mol. The molecule has 0 aliphatic heterocycles. The summed E-state index contributed by atoms with van der Waals surface area (Å²) in [6, 6.07) is 1.23. The topological polar surface area (TPSA) is 9.23 Å². The lowest BCUT2D eigenvalue weighted by Gasteiger charge is -1.98. The van der Waals surface area contributed by atoms with Gasteiger partial charge in [-0.25, -0.2) is 0 Å². The summed E-state index contributed by atoms with van der Waals surface area (Å²) in [6.45, 7) is 5.33. The SMILES string of the molecule is CCCCC=CCCC[Si]OCCC. The van der Waals surface area contributed by atoms with E-state index in [1.54, 1.807) is 0 Å². The van der Waals surface area contributed by atoms with Crippen molar-refractivity contribution in [3.63, 3.8) is 0 Å². The van der Waals surface area contributed by atoms with Crippen molar-refractivity contribution in [3.8, 4) is 0 Å². The van der Waals surface area contributed by atoms with Crippen molar-refractivity contribution in [1.29, 1.82) is 0 Å². The van der Waals surface area contributed by atoms with Crippen LogP contribution in [0.2, 0.25) is 6.04 Å². The van der Waals surface area contributed by atoms with Crippen LogP contribution in [-0.4, -0.2) is 16.4 Å². The molecule has 0 aliphatic carbocycles. The van der Waals surface area contributed by atoms with Gasteiger partial charge in [-0.05, 0) is 25.3 Å². The van der Waals surface area contributed by atoms with Crippen LogP contribution < -0.4 is 0 Å². The molecular formula is C12H24OSi. The summed E-state index contributed by atoms with van der Waals surface area (Å²) in [5.74, 6) is 0. The second kappa shape index (κ2) is 12.9. The van der Waals surface area contributed by atoms with Gasteiger partial charge in [0.1, 0.15) is 0 Å². The van der Waals surface area contributed by atoms with Gasteiger partial charge in [0.25, 0.3) is 0 Å². The molecule has 0 unspecified atom stereocenters. The van der Waals surface area contributed by atoms with Gasteiger partial charge >= 0.3 is 0 Å². The molecule has 2 heteroatoms. The zero-order valence-electron chi connectivity index (χ0n) is 9.72. The maximum Gasteiger partial charge on any atom is 0.229 e. The van der Waals surface area contributed by atoms with Crippen LogP contribution in [0.5, 0.6) is 0 Å². The summed E-state index contributed by atoms with van der Waals surface area (Å²) in [6.07, 6.45) is 12.2. The molecule has 0 aliphatic rings. The maximum absolute atomic E-state index is 5.43. The van der Waals surface area contributed by atoms with Crippen molar-refractivity contribution in [2.24, 2.45) is 0 Å². The van der Waals surface area contributed by atoms with E-state index in [0.29, 0.717) is 0 Å². The lowest BCUT2D eigenvalue weighted by Crippen LogP contribution is -1.98. The van der Waals surface area contributed by atoms with E-state index < -0.39 is 0 Å². The van der Waals surface area contributed by atoms with Gasteiger partial charge in [0.05, 0.1) is 0 Å². The molecule has 2 radical (unpaired) electrons. The first-order valence-corrected chi connectivity index (χ1v) is 7.03. The van der Waals surface area contributed by atoms with Crippen LogP contribution in [0.25, 0.3) is 0 Å². The molecule has 0 aromatic rings. The van der Waals surface area contributed by atoms with E-state index in [0.717, 1.165) is 22.8 Å². The molecule has 0 heterocycles. The van der Waals surface area contributed by atoms with Crippen LogP contribution in [0.1, 0.15) is 52.4 Å². The summed E-state index contributed by atoms with van der Waals surface area (Å²) in [4.78, 5) is 0. The molecule has 0 saturated heterocycles. The predicted molar refractivity (Wildman–Crippen MR) is 64.7 cm³/mol. The van der Waals surface area contributed by atoms with Crippen LogP contribution in [0.3, 0.4) is 0 Å². The summed E-state index contributed by atoms with van der Waals surface area (Å²) in [7, 11) is 0.717. The average molecular weight is 212 g/mol. The molecule has 0 N–H and O–H groups in total. The first-order valence-electron chi connectivity index (χ1n) is 5.91. The van der Waals surface area contributed by atoms with E-state index >= 15 is 0 Å². The highest BCUT2D eigenvalue weighted by molar-refractivity contribution is 6.26. The van der Waals surface area contributed by atoms with E-state index in [-0.39, 0.29) is 0 Å². The minimum absolute atomic E-state index is 0.717. The molecule has 0 aromatic heterocycles. The van der Waals surface area contributed by atoms with Gasteiger partial charge in [0, 0.05) is 6.61 Å². The number of rotatable bonds is 10. The van der Waals surface area contributed by atoms with Crippen molar-refractivity contribution in [1.82, 2.24) is 0 Å². The Morgan fingerprint density at radius 2 is 1.71 bits per heavy atom. The van der Waals surface area contributed by atoms with E-state index in [4.69, 9.17) is 4.43 Å². The Balaban J connectivity index is 2.94. The quantitative estimate of drug-likeness (QED) is 0.302. The Labute approximate surface area is 91.9 Å². The van der Waals surface area contributed by atoms with Gasteiger partial charge in [0.15, 0.2) is 0 Å².